The monoisotopic (exact) mass is 578 g/mol. The molecule has 1 aliphatic heterocycles. The van der Waals surface area contributed by atoms with E-state index in [2.05, 4.69) is 137 Å². The molecule has 1 aliphatic rings. The third kappa shape index (κ3) is 4.07. The Morgan fingerprint density at radius 1 is 1.00 bits per heavy atom. The normalized spacial score (nSPS) is 23.2. The van der Waals surface area contributed by atoms with Crippen molar-refractivity contribution in [3.05, 3.63) is 73.1 Å². The van der Waals surface area contributed by atoms with E-state index >= 15 is 0 Å². The fraction of sp³-hybridized carbons (Fsp3) is 0.300. The van der Waals surface area contributed by atoms with Crippen LogP contribution in [0.4, 0.5) is 0 Å². The minimum atomic E-state index is -1.51. The first kappa shape index (κ1) is 19.6. The average molecular weight is 578 g/mol. The highest BCUT2D eigenvalue weighted by Gasteiger charge is 2.47. The summed E-state index contributed by atoms with van der Waals surface area (Å²) >= 11 is 5.39. The molecule has 132 valence electrons. The first-order chi connectivity index (χ1) is 12.0. The van der Waals surface area contributed by atoms with Crippen LogP contribution in [0.5, 0.6) is 0 Å². The summed E-state index contributed by atoms with van der Waals surface area (Å²) in [7, 11) is 2.34. The quantitative estimate of drug-likeness (QED) is 0.148. The molecule has 0 N–H and O–H groups in total. The van der Waals surface area contributed by atoms with E-state index < -0.39 is 4.90 Å². The van der Waals surface area contributed by atoms with Crippen molar-refractivity contribution in [1.29, 1.82) is 0 Å². The fourth-order valence-electron chi connectivity index (χ4n) is 3.36. The van der Waals surface area contributed by atoms with Gasteiger partial charge in [-0.1, -0.05) is 43.3 Å². The maximum absolute atomic E-state index is 2.76. The standard InChI is InChI=1S/C20H25I2N2P/c1-3-15-24(2)16-14-23(20(24)21)17-25(22,18-10-6-4-7-11-18)19-12-8-5-9-13-19/h4-14,16,20H,3,15,17H2,1-2H3/q+2. The Morgan fingerprint density at radius 3 is 2.00 bits per heavy atom. The molecule has 2 aromatic carbocycles. The first-order valence-corrected chi connectivity index (χ1v) is 14.6. The molecule has 5 heteroatoms. The first-order valence-electron chi connectivity index (χ1n) is 8.62. The van der Waals surface area contributed by atoms with E-state index in [1.54, 1.807) is 0 Å². The minimum absolute atomic E-state index is 0.458. The lowest BCUT2D eigenvalue weighted by Crippen LogP contribution is -2.48. The Balaban J connectivity index is 1.94. The summed E-state index contributed by atoms with van der Waals surface area (Å²) in [4.78, 5) is 1.05. The molecule has 2 unspecified atom stereocenters. The summed E-state index contributed by atoms with van der Waals surface area (Å²) < 4.78 is 1.45. The second-order valence-electron chi connectivity index (χ2n) is 6.72. The Kier molecular flexibility index (Phi) is 6.45. The van der Waals surface area contributed by atoms with Crippen LogP contribution in [0.15, 0.2) is 73.1 Å². The van der Waals surface area contributed by atoms with Gasteiger partial charge < -0.3 is 0 Å². The molecule has 0 fully saturated rings. The van der Waals surface area contributed by atoms with Crippen LogP contribution >= 0.6 is 49.5 Å². The lowest BCUT2D eigenvalue weighted by Gasteiger charge is -2.35. The smallest absolute Gasteiger partial charge is 0.222 e. The van der Waals surface area contributed by atoms with Crippen molar-refractivity contribution in [3.8, 4) is 0 Å². The van der Waals surface area contributed by atoms with Gasteiger partial charge in [0.25, 0.3) is 0 Å². The lowest BCUT2D eigenvalue weighted by atomic mass is 10.4. The van der Waals surface area contributed by atoms with Gasteiger partial charge in [-0.3, -0.25) is 9.38 Å². The van der Waals surface area contributed by atoms with E-state index in [9.17, 15) is 0 Å². The predicted octanol–water partition coefficient (Wildman–Crippen LogP) is 5.32. The summed E-state index contributed by atoms with van der Waals surface area (Å²) in [5, 5.41) is 2.94. The van der Waals surface area contributed by atoms with Crippen LogP contribution < -0.4 is 10.6 Å². The van der Waals surface area contributed by atoms with Crippen molar-refractivity contribution in [2.75, 3.05) is 19.9 Å². The highest BCUT2D eigenvalue weighted by atomic mass is 127. The molecule has 0 spiro atoms. The number of hydrogen-bond acceptors (Lipinski definition) is 1. The Bertz CT molecular complexity index is 683. The van der Waals surface area contributed by atoms with Gasteiger partial charge >= 0.3 is 0 Å². The van der Waals surface area contributed by atoms with E-state index in [-0.39, 0.29) is 0 Å². The van der Waals surface area contributed by atoms with E-state index in [0.29, 0.717) is 4.17 Å². The Hall–Kier alpha value is -0.170. The number of hydrogen-bond donors (Lipinski definition) is 0. The zero-order chi connectivity index (χ0) is 17.9. The van der Waals surface area contributed by atoms with Gasteiger partial charge in [0, 0.05) is 22.6 Å². The third-order valence-corrected chi connectivity index (χ3v) is 13.9. The second kappa shape index (κ2) is 8.24. The topological polar surface area (TPSA) is 3.24 Å². The van der Waals surface area contributed by atoms with Crippen LogP contribution in [-0.4, -0.2) is 33.4 Å². The highest BCUT2D eigenvalue weighted by molar-refractivity contribution is 14.2. The summed E-state index contributed by atoms with van der Waals surface area (Å²) in [6.07, 6.45) is 6.98. The average Bonchev–Trinajstić information content (AvgIpc) is 2.92. The van der Waals surface area contributed by atoms with E-state index in [1.165, 1.54) is 23.6 Å². The van der Waals surface area contributed by atoms with Gasteiger partial charge in [0.1, 0.15) is 16.8 Å². The molecule has 3 rings (SSSR count). The maximum Gasteiger partial charge on any atom is 0.222 e. The van der Waals surface area contributed by atoms with E-state index in [1.807, 2.05) is 0 Å². The molecular formula is C20H25I2N2P+2. The summed E-state index contributed by atoms with van der Waals surface area (Å²) in [6, 6.07) is 22.1. The van der Waals surface area contributed by atoms with Crippen molar-refractivity contribution in [1.82, 2.24) is 4.90 Å². The molecule has 0 aliphatic carbocycles. The number of quaternary nitrogens is 1. The number of halogens is 2. The van der Waals surface area contributed by atoms with Crippen LogP contribution in [0.25, 0.3) is 0 Å². The number of benzene rings is 2. The van der Waals surface area contributed by atoms with Gasteiger partial charge in [-0.2, -0.15) is 0 Å². The van der Waals surface area contributed by atoms with Crippen molar-refractivity contribution < 1.29 is 4.48 Å². The van der Waals surface area contributed by atoms with Crippen molar-refractivity contribution >= 4 is 60.1 Å². The molecule has 2 atom stereocenters. The van der Waals surface area contributed by atoms with Crippen LogP contribution in [-0.2, 0) is 0 Å². The lowest BCUT2D eigenvalue weighted by molar-refractivity contribution is -0.867. The second-order valence-corrected chi connectivity index (χ2v) is 15.5. The summed E-state index contributed by atoms with van der Waals surface area (Å²) in [5.74, 6) is 0. The molecule has 0 aromatic heterocycles. The zero-order valence-corrected chi connectivity index (χ0v) is 19.9. The van der Waals surface area contributed by atoms with Crippen LogP contribution in [0.2, 0.25) is 0 Å². The van der Waals surface area contributed by atoms with Gasteiger partial charge in [-0.25, -0.2) is 0 Å². The zero-order valence-electron chi connectivity index (χ0n) is 14.7. The maximum atomic E-state index is 2.76. The predicted molar refractivity (Wildman–Crippen MR) is 128 cm³/mol. The number of alkyl halides is 1. The van der Waals surface area contributed by atoms with Gasteiger partial charge in [0.05, 0.1) is 19.8 Å². The van der Waals surface area contributed by atoms with E-state index in [4.69, 9.17) is 0 Å². The van der Waals surface area contributed by atoms with Gasteiger partial charge in [-0.15, -0.1) is 0 Å². The third-order valence-electron chi connectivity index (χ3n) is 4.75. The molecule has 1 heterocycles. The molecule has 0 bridgehead atoms. The Labute approximate surface area is 178 Å². The molecule has 0 radical (unpaired) electrons. The fourth-order valence-corrected chi connectivity index (χ4v) is 10.1. The highest BCUT2D eigenvalue weighted by Crippen LogP contribution is 2.65. The van der Waals surface area contributed by atoms with Gasteiger partial charge in [0.15, 0.2) is 33.2 Å². The minimum Gasteiger partial charge on any atom is -0.281 e. The van der Waals surface area contributed by atoms with Gasteiger partial charge in [0.2, 0.25) is 4.17 Å². The molecule has 0 saturated heterocycles. The van der Waals surface area contributed by atoms with Crippen molar-refractivity contribution in [3.63, 3.8) is 0 Å². The number of rotatable bonds is 6. The molecule has 0 saturated carbocycles. The molecule has 25 heavy (non-hydrogen) atoms. The van der Waals surface area contributed by atoms with E-state index in [0.717, 1.165) is 10.8 Å². The molecule has 2 nitrogen and oxygen atoms in total. The van der Waals surface area contributed by atoms with Crippen molar-refractivity contribution in [2.45, 2.75) is 17.5 Å². The van der Waals surface area contributed by atoms with Crippen LogP contribution in [0.3, 0.4) is 0 Å². The van der Waals surface area contributed by atoms with Gasteiger partial charge in [-0.05, 0) is 30.7 Å². The molecule has 2 aromatic rings. The number of nitrogens with zero attached hydrogens (tertiary/aromatic N) is 2. The van der Waals surface area contributed by atoms with Crippen molar-refractivity contribution in [2.24, 2.45) is 0 Å². The Morgan fingerprint density at radius 2 is 1.52 bits per heavy atom. The molecular weight excluding hydrogens is 553 g/mol. The molecule has 0 amide bonds. The SMILES string of the molecule is CCC[N+]1(C)C=CN(C[P+](I)(c2ccccc2)c2ccccc2)C1I. The largest absolute Gasteiger partial charge is 0.281 e. The van der Waals surface area contributed by atoms with Crippen LogP contribution in [0.1, 0.15) is 13.3 Å². The van der Waals surface area contributed by atoms with Crippen LogP contribution in [0, 0.1) is 0 Å². The summed E-state index contributed by atoms with van der Waals surface area (Å²) in [5.41, 5.74) is 0. The summed E-state index contributed by atoms with van der Waals surface area (Å²) in [6.45, 7) is 3.46.